The van der Waals surface area contributed by atoms with Gasteiger partial charge in [-0.05, 0) is 38.2 Å². The lowest BCUT2D eigenvalue weighted by molar-refractivity contribution is 0.0700. The Kier molecular flexibility index (Phi) is 5.13. The maximum atomic E-state index is 12.5. The lowest BCUT2D eigenvalue weighted by Crippen LogP contribution is -2.39. The van der Waals surface area contributed by atoms with Gasteiger partial charge < -0.3 is 15.4 Å². The minimum absolute atomic E-state index is 0.0470. The summed E-state index contributed by atoms with van der Waals surface area (Å²) in [5.41, 5.74) is 3.23. The van der Waals surface area contributed by atoms with Crippen LogP contribution >= 0.6 is 22.9 Å². The Labute approximate surface area is 175 Å². The third kappa shape index (κ3) is 3.65. The smallest absolute Gasteiger partial charge is 0.347 e. The molecule has 4 rings (SSSR count). The maximum Gasteiger partial charge on any atom is 0.347 e. The summed E-state index contributed by atoms with van der Waals surface area (Å²) >= 11 is 7.12. The molecule has 1 aliphatic carbocycles. The van der Waals surface area contributed by atoms with Gasteiger partial charge in [-0.25, -0.2) is 19.4 Å². The highest BCUT2D eigenvalue weighted by Crippen LogP contribution is 2.27. The third-order valence-corrected chi connectivity index (χ3v) is 6.38. The summed E-state index contributed by atoms with van der Waals surface area (Å²) in [7, 11) is 0. The van der Waals surface area contributed by atoms with E-state index in [1.807, 2.05) is 6.92 Å². The van der Waals surface area contributed by atoms with E-state index in [0.717, 1.165) is 34.7 Å². The molecule has 0 fully saturated rings. The number of carbonyl (C=O) groups excluding carboxylic acids is 1. The number of hydrogen-bond acceptors (Lipinski definition) is 6. The number of fused-ring (bicyclic) bond motifs is 1. The van der Waals surface area contributed by atoms with Gasteiger partial charge in [-0.2, -0.15) is 5.10 Å². The highest BCUT2D eigenvalue weighted by molar-refractivity contribution is 7.16. The van der Waals surface area contributed by atoms with Crippen LogP contribution < -0.4 is 5.32 Å². The van der Waals surface area contributed by atoms with Gasteiger partial charge in [0.2, 0.25) is 5.13 Å². The number of H-pyrrole nitrogens is 1. The number of nitrogens with zero attached hydrogens (tertiary/aromatic N) is 4. The van der Waals surface area contributed by atoms with Gasteiger partial charge in [0.15, 0.2) is 11.0 Å². The van der Waals surface area contributed by atoms with E-state index < -0.39 is 5.97 Å². The van der Waals surface area contributed by atoms with Crippen molar-refractivity contribution in [1.82, 2.24) is 30.0 Å². The number of rotatable bonds is 5. The van der Waals surface area contributed by atoms with Crippen molar-refractivity contribution in [3.63, 3.8) is 0 Å². The molecule has 0 aromatic carbocycles. The highest BCUT2D eigenvalue weighted by atomic mass is 35.5. The van der Waals surface area contributed by atoms with Crippen LogP contribution in [0.15, 0.2) is 6.20 Å². The molecular weight excluding hydrogens is 416 g/mol. The Morgan fingerprint density at radius 1 is 1.45 bits per heavy atom. The predicted molar refractivity (Wildman–Crippen MR) is 107 cm³/mol. The first kappa shape index (κ1) is 19.6. The first-order chi connectivity index (χ1) is 13.9. The lowest BCUT2D eigenvalue weighted by atomic mass is 9.93. The minimum Gasteiger partial charge on any atom is -0.477 e. The number of thiazole rings is 1. The maximum absolute atomic E-state index is 12.5. The van der Waals surface area contributed by atoms with E-state index in [2.05, 4.69) is 25.4 Å². The SMILES string of the molecule is CCc1[nH]c(C(=O)NC2CCc3c(cnn3-c3nc(C)c(C(=O)O)s3)C2)nc1Cl. The second-order valence-corrected chi connectivity index (χ2v) is 8.20. The van der Waals surface area contributed by atoms with Crippen molar-refractivity contribution in [2.75, 3.05) is 0 Å². The zero-order valence-electron chi connectivity index (χ0n) is 15.8. The number of carbonyl (C=O) groups is 2. The molecule has 1 aliphatic rings. The Morgan fingerprint density at radius 3 is 2.90 bits per heavy atom. The normalized spacial score (nSPS) is 15.9. The van der Waals surface area contributed by atoms with E-state index in [1.165, 1.54) is 0 Å². The van der Waals surface area contributed by atoms with Crippen LogP contribution in [0.5, 0.6) is 0 Å². The molecule has 0 saturated heterocycles. The van der Waals surface area contributed by atoms with Gasteiger partial charge in [0.05, 0.1) is 23.3 Å². The molecule has 0 saturated carbocycles. The number of aromatic amines is 1. The molecule has 11 heteroatoms. The highest BCUT2D eigenvalue weighted by Gasteiger charge is 2.27. The fourth-order valence-corrected chi connectivity index (χ4v) is 4.62. The summed E-state index contributed by atoms with van der Waals surface area (Å²) in [6.45, 7) is 3.61. The molecule has 9 nitrogen and oxygen atoms in total. The van der Waals surface area contributed by atoms with Crippen molar-refractivity contribution in [2.45, 2.75) is 45.6 Å². The van der Waals surface area contributed by atoms with Crippen molar-refractivity contribution < 1.29 is 14.7 Å². The van der Waals surface area contributed by atoms with Crippen LogP contribution in [0.25, 0.3) is 5.13 Å². The Morgan fingerprint density at radius 2 is 2.24 bits per heavy atom. The molecule has 1 amide bonds. The van der Waals surface area contributed by atoms with Gasteiger partial charge in [0, 0.05) is 6.04 Å². The summed E-state index contributed by atoms with van der Waals surface area (Å²) in [5, 5.41) is 17.5. The van der Waals surface area contributed by atoms with E-state index in [4.69, 9.17) is 11.6 Å². The number of carboxylic acids is 1. The van der Waals surface area contributed by atoms with Gasteiger partial charge in [-0.15, -0.1) is 0 Å². The largest absolute Gasteiger partial charge is 0.477 e. The zero-order valence-corrected chi connectivity index (χ0v) is 17.4. The molecule has 1 unspecified atom stereocenters. The van der Waals surface area contributed by atoms with E-state index in [-0.39, 0.29) is 22.7 Å². The van der Waals surface area contributed by atoms with Crippen LogP contribution in [0.4, 0.5) is 0 Å². The van der Waals surface area contributed by atoms with Crippen LogP contribution in [-0.4, -0.2) is 47.8 Å². The van der Waals surface area contributed by atoms with E-state index in [1.54, 1.807) is 17.8 Å². The molecule has 3 N–H and O–H groups in total. The molecule has 0 radical (unpaired) electrons. The average molecular weight is 435 g/mol. The molecular formula is C18H19ClN6O3S. The summed E-state index contributed by atoms with van der Waals surface area (Å²) in [6.07, 6.45) is 4.48. The topological polar surface area (TPSA) is 126 Å². The molecule has 0 aliphatic heterocycles. The fraction of sp³-hybridized carbons (Fsp3) is 0.389. The van der Waals surface area contributed by atoms with Gasteiger partial charge in [0.1, 0.15) is 4.88 Å². The molecule has 0 bridgehead atoms. The van der Waals surface area contributed by atoms with Crippen LogP contribution in [0.1, 0.15) is 56.3 Å². The number of amides is 1. The van der Waals surface area contributed by atoms with Gasteiger partial charge >= 0.3 is 5.97 Å². The molecule has 3 heterocycles. The minimum atomic E-state index is -0.987. The number of aromatic carboxylic acids is 1. The van der Waals surface area contributed by atoms with Gasteiger partial charge in [-0.3, -0.25) is 4.79 Å². The predicted octanol–water partition coefficient (Wildman–Crippen LogP) is 2.56. The Bertz CT molecular complexity index is 1100. The fourth-order valence-electron chi connectivity index (χ4n) is 3.47. The van der Waals surface area contributed by atoms with Crippen molar-refractivity contribution in [1.29, 1.82) is 0 Å². The number of aromatic nitrogens is 5. The van der Waals surface area contributed by atoms with Crippen LogP contribution in [0.2, 0.25) is 5.15 Å². The number of imidazole rings is 1. The van der Waals surface area contributed by atoms with Gasteiger partial charge in [0.25, 0.3) is 5.91 Å². The summed E-state index contributed by atoms with van der Waals surface area (Å²) in [6, 6.07) is -0.0470. The van der Waals surface area contributed by atoms with E-state index in [0.29, 0.717) is 35.2 Å². The number of nitrogens with one attached hydrogen (secondary N) is 2. The summed E-state index contributed by atoms with van der Waals surface area (Å²) in [4.78, 5) is 35.4. The average Bonchev–Trinajstić information content (AvgIpc) is 3.37. The lowest BCUT2D eigenvalue weighted by Gasteiger charge is -2.23. The second kappa shape index (κ2) is 7.60. The van der Waals surface area contributed by atoms with E-state index in [9.17, 15) is 14.7 Å². The van der Waals surface area contributed by atoms with E-state index >= 15 is 0 Å². The molecule has 0 spiro atoms. The van der Waals surface area contributed by atoms with Crippen molar-refractivity contribution in [3.8, 4) is 5.13 Å². The molecule has 152 valence electrons. The summed E-state index contributed by atoms with van der Waals surface area (Å²) < 4.78 is 1.71. The molecule has 1 atom stereocenters. The molecule has 3 aromatic rings. The molecule has 29 heavy (non-hydrogen) atoms. The van der Waals surface area contributed by atoms with Gasteiger partial charge in [-0.1, -0.05) is 29.9 Å². The first-order valence-electron chi connectivity index (χ1n) is 9.19. The quantitative estimate of drug-likeness (QED) is 0.566. The number of carboxylic acid groups (broad SMARTS) is 1. The second-order valence-electron chi connectivity index (χ2n) is 6.87. The third-order valence-electron chi connectivity index (χ3n) is 4.94. The van der Waals surface area contributed by atoms with Crippen LogP contribution in [0.3, 0.4) is 0 Å². The number of halogens is 1. The number of aryl methyl sites for hydroxylation is 2. The Balaban J connectivity index is 1.49. The standard InChI is InChI=1S/C18H19ClN6O3S/c1-3-11-14(19)24-15(23-11)16(26)22-10-4-5-12-9(6-10)7-20-25(12)18-21-8(2)13(29-18)17(27)28/h7,10H,3-6H2,1-2H3,(H,22,26)(H,23,24)(H,27,28). The van der Waals surface area contributed by atoms with Crippen molar-refractivity contribution in [2.24, 2.45) is 0 Å². The van der Waals surface area contributed by atoms with Crippen molar-refractivity contribution in [3.05, 3.63) is 44.7 Å². The monoisotopic (exact) mass is 434 g/mol. The Hall–Kier alpha value is -2.72. The first-order valence-corrected chi connectivity index (χ1v) is 10.4. The van der Waals surface area contributed by atoms with Crippen LogP contribution in [-0.2, 0) is 19.3 Å². The van der Waals surface area contributed by atoms with Crippen molar-refractivity contribution >= 4 is 34.8 Å². The zero-order chi connectivity index (χ0) is 20.7. The van der Waals surface area contributed by atoms with Crippen LogP contribution in [0, 0.1) is 6.92 Å². The molecule has 3 aromatic heterocycles. The summed E-state index contributed by atoms with van der Waals surface area (Å²) in [5.74, 6) is -1.05. The number of hydrogen-bond donors (Lipinski definition) is 3.